The Bertz CT molecular complexity index is 1710. The molecule has 8 heteroatoms. The van der Waals surface area contributed by atoms with Gasteiger partial charge in [-0.2, -0.15) is 0 Å². The van der Waals surface area contributed by atoms with Gasteiger partial charge in [-0.05, 0) is 56.4 Å². The van der Waals surface area contributed by atoms with Crippen LogP contribution in [0.1, 0.15) is 6.42 Å². The number of nitrogens with zero attached hydrogens (tertiary/aromatic N) is 4. The summed E-state index contributed by atoms with van der Waals surface area (Å²) in [6.45, 7) is 4.68. The summed E-state index contributed by atoms with van der Waals surface area (Å²) in [4.78, 5) is 20.5. The van der Waals surface area contributed by atoms with Crippen LogP contribution in [0.5, 0.6) is 0 Å². The largest absolute Gasteiger partial charge is 0.432 e. The average Bonchev–Trinajstić information content (AvgIpc) is 3.48. The topological polar surface area (TPSA) is 78.9 Å². The van der Waals surface area contributed by atoms with Crippen molar-refractivity contribution in [1.82, 2.24) is 19.8 Å². The van der Waals surface area contributed by atoms with Gasteiger partial charge in [-0.25, -0.2) is 9.98 Å². The number of hydrogen-bond donors (Lipinski definition) is 3. The summed E-state index contributed by atoms with van der Waals surface area (Å²) >= 11 is 0. The van der Waals surface area contributed by atoms with Crippen LogP contribution >= 0.6 is 0 Å². The van der Waals surface area contributed by atoms with Crippen molar-refractivity contribution >= 4 is 63.8 Å². The standard InChI is InChI=1S/C32H32N6OSi/c1-40(2,39)21-11-20-33-30-34-31(37-26-16-7-3-12-22(26)23-13-4-8-17-27(23)37)36-32(35-30)38-28-18-9-5-14-24(28)25-15-6-10-19-29(25)38/h3-10,12-19,30,33,39H,11,20-21H2,1-2H3,(H,34,35,36). The predicted octanol–water partition coefficient (Wildman–Crippen LogP) is 6.07. The van der Waals surface area contributed by atoms with E-state index in [1.165, 1.54) is 21.5 Å². The minimum Gasteiger partial charge on any atom is -0.432 e. The number of fused-ring (bicyclic) bond motifs is 6. The Morgan fingerprint density at radius 3 is 1.43 bits per heavy atom. The van der Waals surface area contributed by atoms with E-state index in [1.54, 1.807) is 0 Å². The Morgan fingerprint density at radius 2 is 1.05 bits per heavy atom. The van der Waals surface area contributed by atoms with Crippen molar-refractivity contribution < 1.29 is 4.80 Å². The van der Waals surface area contributed by atoms with Gasteiger partial charge in [-0.1, -0.05) is 72.8 Å². The molecule has 3 heterocycles. The second-order valence-electron chi connectivity index (χ2n) is 11.0. The normalized spacial score (nSPS) is 14.7. The Morgan fingerprint density at radius 1 is 0.675 bits per heavy atom. The summed E-state index contributed by atoms with van der Waals surface area (Å²) < 4.78 is 4.40. The van der Waals surface area contributed by atoms with Crippen LogP contribution < -0.4 is 10.6 Å². The second kappa shape index (κ2) is 9.74. The Hall–Kier alpha value is -4.24. The monoisotopic (exact) mass is 544 g/mol. The zero-order valence-electron chi connectivity index (χ0n) is 22.7. The highest BCUT2D eigenvalue weighted by Gasteiger charge is 2.25. The van der Waals surface area contributed by atoms with Crippen LogP contribution in [0.2, 0.25) is 19.1 Å². The number of hydrogen-bond acceptors (Lipinski definition) is 5. The van der Waals surface area contributed by atoms with E-state index in [2.05, 4.69) is 117 Å². The summed E-state index contributed by atoms with van der Waals surface area (Å²) in [5, 5.41) is 11.9. The summed E-state index contributed by atoms with van der Waals surface area (Å²) in [6, 6.07) is 34.6. The lowest BCUT2D eigenvalue weighted by Gasteiger charge is -2.25. The van der Waals surface area contributed by atoms with E-state index < -0.39 is 14.6 Å². The number of nitrogens with one attached hydrogen (secondary N) is 2. The van der Waals surface area contributed by atoms with Gasteiger partial charge in [-0.15, -0.1) is 0 Å². The van der Waals surface area contributed by atoms with Gasteiger partial charge < -0.3 is 4.80 Å². The number of para-hydroxylation sites is 4. The van der Waals surface area contributed by atoms with E-state index in [-0.39, 0.29) is 0 Å². The fourth-order valence-corrected chi connectivity index (χ4v) is 6.84. The molecule has 0 aliphatic carbocycles. The van der Waals surface area contributed by atoms with Gasteiger partial charge >= 0.3 is 0 Å². The van der Waals surface area contributed by atoms with Gasteiger partial charge in [0.05, 0.1) is 22.1 Å². The SMILES string of the molecule is C[Si](C)(O)CCCNC1N=C(n2c3ccccc3c3ccccc32)NC(n2c3ccccc3c3ccccc32)=N1. The molecule has 0 fully saturated rings. The van der Waals surface area contributed by atoms with Crippen molar-refractivity contribution in [2.45, 2.75) is 31.8 Å². The first kappa shape index (κ1) is 24.8. The molecule has 0 amide bonds. The van der Waals surface area contributed by atoms with Crippen LogP contribution in [-0.2, 0) is 0 Å². The zero-order valence-corrected chi connectivity index (χ0v) is 23.7. The lowest BCUT2D eigenvalue weighted by molar-refractivity contribution is 0.514. The molecule has 7 rings (SSSR count). The van der Waals surface area contributed by atoms with Crippen LogP contribution in [0.25, 0.3) is 43.6 Å². The lowest BCUT2D eigenvalue weighted by atomic mass is 10.2. The van der Waals surface area contributed by atoms with Crippen molar-refractivity contribution in [2.24, 2.45) is 9.98 Å². The highest BCUT2D eigenvalue weighted by Crippen LogP contribution is 2.31. The van der Waals surface area contributed by atoms with E-state index in [1.807, 2.05) is 13.1 Å². The molecule has 3 N–H and O–H groups in total. The van der Waals surface area contributed by atoms with Gasteiger partial charge in [0.15, 0.2) is 8.32 Å². The molecule has 0 atom stereocenters. The van der Waals surface area contributed by atoms with Gasteiger partial charge in [0, 0.05) is 21.5 Å². The fraction of sp³-hybridized carbons (Fsp3) is 0.188. The van der Waals surface area contributed by atoms with Crippen LogP contribution in [0.15, 0.2) is 107 Å². The number of rotatable bonds is 5. The maximum Gasteiger partial charge on any atom is 0.213 e. The van der Waals surface area contributed by atoms with E-state index in [4.69, 9.17) is 9.98 Å². The van der Waals surface area contributed by atoms with E-state index in [9.17, 15) is 4.80 Å². The molecule has 7 nitrogen and oxygen atoms in total. The Balaban J connectivity index is 1.38. The quantitative estimate of drug-likeness (QED) is 0.182. The summed E-state index contributed by atoms with van der Waals surface area (Å²) in [7, 11) is -2.11. The minimum atomic E-state index is -2.11. The number of aromatic nitrogens is 2. The van der Waals surface area contributed by atoms with Crippen LogP contribution in [0, 0.1) is 0 Å². The molecule has 0 unspecified atom stereocenters. The highest BCUT2D eigenvalue weighted by molar-refractivity contribution is 6.69. The molecular weight excluding hydrogens is 512 g/mol. The Kier molecular flexibility index (Phi) is 6.03. The zero-order chi connectivity index (χ0) is 27.3. The lowest BCUT2D eigenvalue weighted by Crippen LogP contribution is -2.46. The molecule has 0 saturated heterocycles. The minimum absolute atomic E-state index is 0.477. The van der Waals surface area contributed by atoms with Crippen LogP contribution in [0.4, 0.5) is 0 Å². The van der Waals surface area contributed by atoms with Gasteiger partial charge in [0.2, 0.25) is 18.2 Å². The summed E-state index contributed by atoms with van der Waals surface area (Å²) in [5.41, 5.74) is 4.35. The second-order valence-corrected chi connectivity index (χ2v) is 15.1. The number of aliphatic imine (C=N–C) groups is 2. The molecule has 0 saturated carbocycles. The molecule has 4 aromatic carbocycles. The van der Waals surface area contributed by atoms with Crippen molar-refractivity contribution in [3.05, 3.63) is 97.1 Å². The molecule has 6 aromatic rings. The first-order chi connectivity index (χ1) is 19.5. The third-order valence-electron chi connectivity index (χ3n) is 7.59. The highest BCUT2D eigenvalue weighted by atomic mass is 28.4. The van der Waals surface area contributed by atoms with E-state index in [0.29, 0.717) is 0 Å². The first-order valence-electron chi connectivity index (χ1n) is 13.8. The van der Waals surface area contributed by atoms with Crippen molar-refractivity contribution in [1.29, 1.82) is 0 Å². The van der Waals surface area contributed by atoms with Crippen LogP contribution in [0.3, 0.4) is 0 Å². The molecular formula is C32H32N6OSi. The molecule has 1 aliphatic heterocycles. The number of benzene rings is 4. The Labute approximate surface area is 233 Å². The third-order valence-corrected chi connectivity index (χ3v) is 9.17. The average molecular weight is 545 g/mol. The van der Waals surface area contributed by atoms with Crippen molar-refractivity contribution in [2.75, 3.05) is 6.54 Å². The van der Waals surface area contributed by atoms with Gasteiger partial charge in [0.1, 0.15) is 0 Å². The maximum atomic E-state index is 10.3. The molecule has 0 bridgehead atoms. The summed E-state index contributed by atoms with van der Waals surface area (Å²) in [6.07, 6.45) is 0.398. The molecule has 1 aliphatic rings. The van der Waals surface area contributed by atoms with Gasteiger partial charge in [-0.3, -0.25) is 19.8 Å². The maximum absolute atomic E-state index is 10.3. The molecule has 200 valence electrons. The molecule has 40 heavy (non-hydrogen) atoms. The van der Waals surface area contributed by atoms with E-state index in [0.717, 1.165) is 53.0 Å². The third kappa shape index (κ3) is 4.30. The smallest absolute Gasteiger partial charge is 0.213 e. The molecule has 0 radical (unpaired) electrons. The molecule has 2 aromatic heterocycles. The molecule has 0 spiro atoms. The fourth-order valence-electron chi connectivity index (χ4n) is 5.80. The van der Waals surface area contributed by atoms with E-state index >= 15 is 0 Å². The van der Waals surface area contributed by atoms with Gasteiger partial charge in [0.25, 0.3) is 0 Å². The van der Waals surface area contributed by atoms with Crippen molar-refractivity contribution in [3.8, 4) is 0 Å². The predicted molar refractivity (Wildman–Crippen MR) is 169 cm³/mol. The van der Waals surface area contributed by atoms with Crippen LogP contribution in [-0.4, -0.2) is 47.0 Å². The van der Waals surface area contributed by atoms with Crippen molar-refractivity contribution in [3.63, 3.8) is 0 Å². The first-order valence-corrected chi connectivity index (χ1v) is 17.0. The summed E-state index contributed by atoms with van der Waals surface area (Å²) in [5.74, 6) is 1.44.